The van der Waals surface area contributed by atoms with Crippen LogP contribution in [-0.4, -0.2) is 31.2 Å². The van der Waals surface area contributed by atoms with Crippen molar-refractivity contribution in [3.63, 3.8) is 0 Å². The van der Waals surface area contributed by atoms with Crippen LogP contribution in [0.1, 0.15) is 6.42 Å². The molecule has 0 aromatic heterocycles. The van der Waals surface area contributed by atoms with Crippen molar-refractivity contribution >= 4 is 35.0 Å². The molecule has 2 amide bonds. The van der Waals surface area contributed by atoms with Gasteiger partial charge in [0.25, 0.3) is 5.91 Å². The van der Waals surface area contributed by atoms with Gasteiger partial charge in [0.05, 0.1) is 19.2 Å². The SMILES string of the molecule is COc1cccc(N2C(=O)C[C@H](Nc3cccc(SC)c3)C2=O)c1. The molecule has 0 radical (unpaired) electrons. The van der Waals surface area contributed by atoms with E-state index >= 15 is 0 Å². The van der Waals surface area contributed by atoms with Gasteiger partial charge in [0.2, 0.25) is 5.91 Å². The highest BCUT2D eigenvalue weighted by Crippen LogP contribution is 2.28. The molecule has 1 heterocycles. The summed E-state index contributed by atoms with van der Waals surface area (Å²) in [4.78, 5) is 27.3. The average Bonchev–Trinajstić information content (AvgIpc) is 2.88. The number of benzene rings is 2. The number of nitrogens with one attached hydrogen (secondary N) is 1. The first-order valence-electron chi connectivity index (χ1n) is 7.54. The third-order valence-electron chi connectivity index (χ3n) is 3.87. The molecule has 6 heteroatoms. The van der Waals surface area contributed by atoms with Gasteiger partial charge in [-0.2, -0.15) is 0 Å². The number of carbonyl (C=O) groups excluding carboxylic acids is 2. The van der Waals surface area contributed by atoms with Crippen LogP contribution in [0.5, 0.6) is 5.75 Å². The van der Waals surface area contributed by atoms with Gasteiger partial charge in [-0.05, 0) is 36.6 Å². The maximum Gasteiger partial charge on any atom is 0.256 e. The summed E-state index contributed by atoms with van der Waals surface area (Å²) in [6, 6.07) is 14.2. The number of methoxy groups -OCH3 is 1. The van der Waals surface area contributed by atoms with E-state index in [4.69, 9.17) is 4.74 Å². The Bertz CT molecular complexity index is 778. The number of rotatable bonds is 5. The lowest BCUT2D eigenvalue weighted by Crippen LogP contribution is -2.34. The molecular weight excluding hydrogens is 324 g/mol. The van der Waals surface area contributed by atoms with Crippen molar-refractivity contribution in [3.05, 3.63) is 48.5 Å². The maximum absolute atomic E-state index is 12.7. The molecule has 2 aromatic carbocycles. The Morgan fingerprint density at radius 2 is 1.96 bits per heavy atom. The summed E-state index contributed by atoms with van der Waals surface area (Å²) in [6.07, 6.45) is 2.13. The first kappa shape index (κ1) is 16.4. The molecule has 0 spiro atoms. The summed E-state index contributed by atoms with van der Waals surface area (Å²) < 4.78 is 5.17. The monoisotopic (exact) mass is 342 g/mol. The van der Waals surface area contributed by atoms with Gasteiger partial charge in [-0.15, -0.1) is 11.8 Å². The van der Waals surface area contributed by atoms with Crippen molar-refractivity contribution in [2.75, 3.05) is 23.6 Å². The zero-order valence-corrected chi connectivity index (χ0v) is 14.3. The van der Waals surface area contributed by atoms with Crippen LogP contribution in [-0.2, 0) is 9.59 Å². The molecule has 0 unspecified atom stereocenters. The molecule has 0 aliphatic carbocycles. The number of anilines is 2. The van der Waals surface area contributed by atoms with E-state index in [0.29, 0.717) is 11.4 Å². The van der Waals surface area contributed by atoms with Gasteiger partial charge in [0.1, 0.15) is 11.8 Å². The second kappa shape index (κ2) is 6.97. The quantitative estimate of drug-likeness (QED) is 0.668. The molecule has 24 heavy (non-hydrogen) atoms. The Morgan fingerprint density at radius 3 is 2.71 bits per heavy atom. The summed E-state index contributed by atoms with van der Waals surface area (Å²) in [7, 11) is 1.55. The Kier molecular flexibility index (Phi) is 4.76. The van der Waals surface area contributed by atoms with E-state index in [9.17, 15) is 9.59 Å². The Labute approximate surface area is 145 Å². The highest BCUT2D eigenvalue weighted by molar-refractivity contribution is 7.98. The van der Waals surface area contributed by atoms with E-state index in [1.807, 2.05) is 30.5 Å². The number of imide groups is 1. The molecule has 1 saturated heterocycles. The number of hydrogen-bond acceptors (Lipinski definition) is 5. The van der Waals surface area contributed by atoms with E-state index in [2.05, 4.69) is 5.32 Å². The van der Waals surface area contributed by atoms with Crippen molar-refractivity contribution in [1.29, 1.82) is 0 Å². The van der Waals surface area contributed by atoms with E-state index < -0.39 is 6.04 Å². The minimum absolute atomic E-state index is 0.138. The second-order valence-electron chi connectivity index (χ2n) is 5.40. The first-order valence-corrected chi connectivity index (χ1v) is 8.76. The van der Waals surface area contributed by atoms with Crippen LogP contribution in [0.4, 0.5) is 11.4 Å². The van der Waals surface area contributed by atoms with Gasteiger partial charge in [-0.3, -0.25) is 9.59 Å². The molecule has 1 fully saturated rings. The number of thioether (sulfide) groups is 1. The fraction of sp³-hybridized carbons (Fsp3) is 0.222. The molecule has 1 aliphatic rings. The van der Waals surface area contributed by atoms with Gasteiger partial charge in [0.15, 0.2) is 0 Å². The minimum atomic E-state index is -0.555. The van der Waals surface area contributed by atoms with Crippen LogP contribution in [0.15, 0.2) is 53.4 Å². The lowest BCUT2D eigenvalue weighted by atomic mass is 10.2. The summed E-state index contributed by atoms with van der Waals surface area (Å²) >= 11 is 1.63. The van der Waals surface area contributed by atoms with Crippen molar-refractivity contribution in [3.8, 4) is 5.75 Å². The Morgan fingerprint density at radius 1 is 1.17 bits per heavy atom. The van der Waals surface area contributed by atoms with Gasteiger partial charge in [-0.1, -0.05) is 12.1 Å². The van der Waals surface area contributed by atoms with Crippen LogP contribution < -0.4 is 15.0 Å². The molecule has 5 nitrogen and oxygen atoms in total. The second-order valence-corrected chi connectivity index (χ2v) is 6.28. The molecule has 1 atom stereocenters. The molecule has 1 aliphatic heterocycles. The predicted molar refractivity (Wildman–Crippen MR) is 95.7 cm³/mol. The van der Waals surface area contributed by atoms with Crippen molar-refractivity contribution in [2.24, 2.45) is 0 Å². The lowest BCUT2D eigenvalue weighted by molar-refractivity contribution is -0.121. The zero-order valence-electron chi connectivity index (χ0n) is 13.5. The lowest BCUT2D eigenvalue weighted by Gasteiger charge is -2.17. The smallest absolute Gasteiger partial charge is 0.256 e. The van der Waals surface area contributed by atoms with Gasteiger partial charge in [-0.25, -0.2) is 4.90 Å². The molecule has 1 N–H and O–H groups in total. The normalized spacial score (nSPS) is 17.2. The van der Waals surface area contributed by atoms with E-state index in [1.165, 1.54) is 4.90 Å². The fourth-order valence-corrected chi connectivity index (χ4v) is 3.14. The number of amides is 2. The summed E-state index contributed by atoms with van der Waals surface area (Å²) in [5.74, 6) is 0.145. The van der Waals surface area contributed by atoms with Gasteiger partial charge >= 0.3 is 0 Å². The first-order chi connectivity index (χ1) is 11.6. The topological polar surface area (TPSA) is 58.6 Å². The molecule has 3 rings (SSSR count). The van der Waals surface area contributed by atoms with E-state index in [1.54, 1.807) is 43.1 Å². The fourth-order valence-electron chi connectivity index (χ4n) is 2.68. The van der Waals surface area contributed by atoms with Crippen LogP contribution in [0.3, 0.4) is 0 Å². The molecular formula is C18H18N2O3S. The van der Waals surface area contributed by atoms with Crippen LogP contribution in [0, 0.1) is 0 Å². The van der Waals surface area contributed by atoms with Crippen molar-refractivity contribution in [2.45, 2.75) is 17.4 Å². The third-order valence-corrected chi connectivity index (χ3v) is 4.59. The largest absolute Gasteiger partial charge is 0.497 e. The molecule has 124 valence electrons. The zero-order chi connectivity index (χ0) is 17.1. The van der Waals surface area contributed by atoms with Gasteiger partial charge < -0.3 is 10.1 Å². The predicted octanol–water partition coefficient (Wildman–Crippen LogP) is 3.16. The highest BCUT2D eigenvalue weighted by atomic mass is 32.2. The van der Waals surface area contributed by atoms with Crippen LogP contribution >= 0.6 is 11.8 Å². The number of ether oxygens (including phenoxy) is 1. The summed E-state index contributed by atoms with van der Waals surface area (Å²) in [5.41, 5.74) is 1.37. The minimum Gasteiger partial charge on any atom is -0.497 e. The number of hydrogen-bond donors (Lipinski definition) is 1. The molecule has 0 bridgehead atoms. The maximum atomic E-state index is 12.7. The van der Waals surface area contributed by atoms with Crippen LogP contribution in [0.2, 0.25) is 0 Å². The van der Waals surface area contributed by atoms with Crippen molar-refractivity contribution in [1.82, 2.24) is 0 Å². The molecule has 0 saturated carbocycles. The number of carbonyl (C=O) groups is 2. The molecule has 2 aromatic rings. The number of nitrogens with zero attached hydrogens (tertiary/aromatic N) is 1. The van der Waals surface area contributed by atoms with E-state index in [-0.39, 0.29) is 18.2 Å². The van der Waals surface area contributed by atoms with Crippen molar-refractivity contribution < 1.29 is 14.3 Å². The summed E-state index contributed by atoms with van der Waals surface area (Å²) in [6.45, 7) is 0. The average molecular weight is 342 g/mol. The standard InChI is InChI=1S/C18H18N2O3S/c1-23-14-7-4-6-13(10-14)20-17(21)11-16(18(20)22)19-12-5-3-8-15(9-12)24-2/h3-10,16,19H,11H2,1-2H3/t16-/m0/s1. The van der Waals surface area contributed by atoms with Gasteiger partial charge in [0, 0.05) is 16.6 Å². The summed E-state index contributed by atoms with van der Waals surface area (Å²) in [5, 5.41) is 3.17. The Hall–Kier alpha value is -2.47. The highest BCUT2D eigenvalue weighted by Gasteiger charge is 2.39. The Balaban J connectivity index is 1.80. The van der Waals surface area contributed by atoms with Crippen LogP contribution in [0.25, 0.3) is 0 Å². The third kappa shape index (κ3) is 3.23. The van der Waals surface area contributed by atoms with E-state index in [0.717, 1.165) is 10.6 Å².